The Kier molecular flexibility index (Phi) is 5.93. The maximum Gasteiger partial charge on any atom is 0.309 e. The number of ether oxygens (including phenoxy) is 1. The quantitative estimate of drug-likeness (QED) is 0.755. The molecule has 0 spiro atoms. The molecule has 0 saturated heterocycles. The van der Waals surface area contributed by atoms with Crippen molar-refractivity contribution in [2.45, 2.75) is 66.2 Å². The molecule has 2 heterocycles. The molecule has 0 unspecified atom stereocenters. The first-order chi connectivity index (χ1) is 13.2. The largest absolute Gasteiger partial charge is 0.481 e. The van der Waals surface area contributed by atoms with Crippen LogP contribution in [0.25, 0.3) is 0 Å². The van der Waals surface area contributed by atoms with Crippen LogP contribution in [0, 0.1) is 5.41 Å². The highest BCUT2D eigenvalue weighted by molar-refractivity contribution is 7.17. The Bertz CT molecular complexity index is 864. The molecule has 1 aromatic rings. The minimum absolute atomic E-state index is 0.0876. The second-order valence-corrected chi connectivity index (χ2v) is 9.32. The molecule has 3 rings (SSSR count). The van der Waals surface area contributed by atoms with Crippen LogP contribution in [0.5, 0.6) is 0 Å². The molecule has 0 aromatic carbocycles. The molecule has 1 aliphatic heterocycles. The number of carbonyl (C=O) groups is 2. The van der Waals surface area contributed by atoms with E-state index in [-0.39, 0.29) is 12.3 Å². The fraction of sp³-hybridized carbons (Fsp3) is 0.571. The van der Waals surface area contributed by atoms with Gasteiger partial charge in [-0.05, 0) is 64.5 Å². The number of nitrogens with one attached hydrogen (secondary N) is 1. The van der Waals surface area contributed by atoms with Crippen molar-refractivity contribution in [2.24, 2.45) is 10.4 Å². The molecule has 0 atom stereocenters. The summed E-state index contributed by atoms with van der Waals surface area (Å²) in [7, 11) is 0. The normalized spacial score (nSPS) is 17.4. The number of allylic oxidation sites excluding steroid dienone is 1. The third kappa shape index (κ3) is 4.29. The Morgan fingerprint density at radius 3 is 2.64 bits per heavy atom. The molecule has 7 heteroatoms. The van der Waals surface area contributed by atoms with Crippen LogP contribution in [0.1, 0.15) is 69.4 Å². The minimum atomic E-state index is -1.12. The minimum Gasteiger partial charge on any atom is -0.481 e. The van der Waals surface area contributed by atoms with Gasteiger partial charge in [0.25, 0.3) is 0 Å². The van der Waals surface area contributed by atoms with Gasteiger partial charge in [-0.1, -0.05) is 0 Å². The van der Waals surface area contributed by atoms with Crippen LogP contribution >= 0.6 is 11.3 Å². The van der Waals surface area contributed by atoms with E-state index in [4.69, 9.17) is 9.73 Å². The summed E-state index contributed by atoms with van der Waals surface area (Å²) in [5, 5.41) is 13.0. The average molecular weight is 405 g/mol. The first-order valence-corrected chi connectivity index (χ1v) is 10.6. The predicted octanol–water partition coefficient (Wildman–Crippen LogP) is 4.53. The van der Waals surface area contributed by atoms with Crippen LogP contribution in [0.2, 0.25) is 0 Å². The molecule has 2 aliphatic rings. The zero-order valence-electron chi connectivity index (χ0n) is 17.0. The van der Waals surface area contributed by atoms with Gasteiger partial charge in [0.15, 0.2) is 0 Å². The van der Waals surface area contributed by atoms with Crippen molar-refractivity contribution in [3.05, 3.63) is 27.3 Å². The van der Waals surface area contributed by atoms with Crippen LogP contribution in [0.3, 0.4) is 0 Å². The van der Waals surface area contributed by atoms with Gasteiger partial charge in [0.2, 0.25) is 11.8 Å². The average Bonchev–Trinajstić information content (AvgIpc) is 2.88. The van der Waals surface area contributed by atoms with E-state index in [1.165, 1.54) is 16.0 Å². The van der Waals surface area contributed by atoms with Crippen molar-refractivity contribution in [1.82, 2.24) is 0 Å². The lowest BCUT2D eigenvalue weighted by Gasteiger charge is -2.18. The van der Waals surface area contributed by atoms with Gasteiger partial charge in [-0.3, -0.25) is 9.59 Å². The molecule has 0 fully saturated rings. The number of anilines is 1. The number of carboxylic acid groups (broad SMARTS) is 1. The summed E-state index contributed by atoms with van der Waals surface area (Å²) in [5.74, 6) is -0.715. The third-order valence-corrected chi connectivity index (χ3v) is 6.63. The zero-order valence-corrected chi connectivity index (χ0v) is 17.8. The van der Waals surface area contributed by atoms with Crippen molar-refractivity contribution < 1.29 is 19.4 Å². The van der Waals surface area contributed by atoms with E-state index in [9.17, 15) is 14.7 Å². The summed E-state index contributed by atoms with van der Waals surface area (Å²) in [6.07, 6.45) is 4.93. The first kappa shape index (κ1) is 20.6. The molecule has 152 valence electrons. The van der Waals surface area contributed by atoms with E-state index in [1.807, 2.05) is 6.92 Å². The second-order valence-electron chi connectivity index (χ2n) is 8.21. The molecule has 1 aliphatic carbocycles. The van der Waals surface area contributed by atoms with Crippen molar-refractivity contribution in [3.8, 4) is 0 Å². The molecule has 28 heavy (non-hydrogen) atoms. The summed E-state index contributed by atoms with van der Waals surface area (Å²) in [6, 6.07) is 0. The number of hydrogen-bond donors (Lipinski definition) is 2. The Hall–Kier alpha value is -2.15. The van der Waals surface area contributed by atoms with Crippen LogP contribution in [0.15, 0.2) is 16.3 Å². The zero-order chi connectivity index (χ0) is 20.5. The molecule has 1 amide bonds. The highest BCUT2D eigenvalue weighted by Crippen LogP contribution is 2.40. The Labute approximate surface area is 169 Å². The van der Waals surface area contributed by atoms with E-state index in [2.05, 4.69) is 12.2 Å². The highest BCUT2D eigenvalue weighted by Gasteiger charge is 2.32. The van der Waals surface area contributed by atoms with Crippen LogP contribution < -0.4 is 5.32 Å². The highest BCUT2D eigenvalue weighted by atomic mass is 32.1. The number of carboxylic acids is 1. The van der Waals surface area contributed by atoms with Gasteiger partial charge in [0, 0.05) is 23.4 Å². The number of thiophene rings is 1. The van der Waals surface area contributed by atoms with E-state index in [0.717, 1.165) is 48.4 Å². The lowest BCUT2D eigenvalue weighted by atomic mass is 9.89. The Balaban J connectivity index is 1.96. The predicted molar refractivity (Wildman–Crippen MR) is 111 cm³/mol. The lowest BCUT2D eigenvalue weighted by molar-refractivity contribution is -0.148. The van der Waals surface area contributed by atoms with E-state index in [1.54, 1.807) is 25.2 Å². The van der Waals surface area contributed by atoms with Gasteiger partial charge in [-0.15, -0.1) is 11.3 Å². The molecule has 0 saturated carbocycles. The number of hydrogen-bond acceptors (Lipinski definition) is 5. The van der Waals surface area contributed by atoms with Crippen molar-refractivity contribution in [2.75, 3.05) is 11.9 Å². The molecule has 2 N–H and O–H groups in total. The van der Waals surface area contributed by atoms with Gasteiger partial charge in [0.1, 0.15) is 5.00 Å². The topological polar surface area (TPSA) is 88.0 Å². The van der Waals surface area contributed by atoms with E-state index in [0.29, 0.717) is 12.5 Å². The van der Waals surface area contributed by atoms with E-state index >= 15 is 0 Å². The maximum atomic E-state index is 12.6. The van der Waals surface area contributed by atoms with E-state index < -0.39 is 11.4 Å². The molecule has 6 nitrogen and oxygen atoms in total. The molecular formula is C21H28N2O4S. The van der Waals surface area contributed by atoms with Gasteiger partial charge in [-0.25, -0.2) is 4.99 Å². The van der Waals surface area contributed by atoms with Gasteiger partial charge < -0.3 is 15.2 Å². The van der Waals surface area contributed by atoms with Crippen LogP contribution in [-0.2, 0) is 27.2 Å². The summed E-state index contributed by atoms with van der Waals surface area (Å²) >= 11 is 1.57. The number of aryl methyl sites for hydroxylation is 1. The lowest BCUT2D eigenvalue weighted by Crippen LogP contribution is -2.29. The van der Waals surface area contributed by atoms with Crippen molar-refractivity contribution in [3.63, 3.8) is 0 Å². The standard InChI is InChI=1S/C21H28N2O4S/c1-12-9-10-27-18(22-13(12)2)17-14-7-5-6-8-15(14)28-19(17)23-16(24)11-21(3,4)20(25)26/h5-11H2,1-4H3,(H,23,24)(H,25,26). The monoisotopic (exact) mass is 404 g/mol. The summed E-state index contributed by atoms with van der Waals surface area (Å²) < 4.78 is 5.99. The molecular weight excluding hydrogens is 376 g/mol. The third-order valence-electron chi connectivity index (χ3n) is 5.42. The van der Waals surface area contributed by atoms with Gasteiger partial charge >= 0.3 is 5.97 Å². The number of rotatable bonds is 5. The SMILES string of the molecule is CC1=C(C)N=C(c2c(NC(=O)CC(C)(C)C(=O)O)sc3c2CCCC3)OCC1. The number of carbonyl (C=O) groups excluding carboxylic acids is 1. The Morgan fingerprint density at radius 2 is 1.93 bits per heavy atom. The van der Waals surface area contributed by atoms with Crippen LogP contribution in [0.4, 0.5) is 5.00 Å². The second kappa shape index (κ2) is 8.07. The summed E-state index contributed by atoms with van der Waals surface area (Å²) in [6.45, 7) is 7.73. The fourth-order valence-corrected chi connectivity index (χ4v) is 4.72. The number of nitrogens with zero attached hydrogens (tertiary/aromatic N) is 1. The molecule has 0 radical (unpaired) electrons. The summed E-state index contributed by atoms with van der Waals surface area (Å²) in [4.78, 5) is 30.0. The first-order valence-electron chi connectivity index (χ1n) is 9.75. The van der Waals surface area contributed by atoms with Crippen LogP contribution in [-0.4, -0.2) is 29.5 Å². The molecule has 1 aromatic heterocycles. The maximum absolute atomic E-state index is 12.6. The number of amides is 1. The number of aliphatic imine (C=N–C) groups is 1. The smallest absolute Gasteiger partial charge is 0.309 e. The van der Waals surface area contributed by atoms with Gasteiger partial charge in [-0.2, -0.15) is 0 Å². The van der Waals surface area contributed by atoms with Crippen molar-refractivity contribution >= 4 is 34.1 Å². The number of fused-ring (bicyclic) bond motifs is 1. The van der Waals surface area contributed by atoms with Gasteiger partial charge in [0.05, 0.1) is 17.6 Å². The number of aliphatic carboxylic acids is 1. The Morgan fingerprint density at radius 1 is 1.21 bits per heavy atom. The fourth-order valence-electron chi connectivity index (χ4n) is 3.42. The summed E-state index contributed by atoms with van der Waals surface area (Å²) in [5.41, 5.74) is 3.14. The molecule has 0 bridgehead atoms. The van der Waals surface area contributed by atoms with Crippen molar-refractivity contribution in [1.29, 1.82) is 0 Å².